The number of amides is 1. The fourth-order valence-electron chi connectivity index (χ4n) is 5.34. The summed E-state index contributed by atoms with van der Waals surface area (Å²) in [6, 6.07) is 9.91. The van der Waals surface area contributed by atoms with Gasteiger partial charge in [0.1, 0.15) is 0 Å². The van der Waals surface area contributed by atoms with E-state index in [0.29, 0.717) is 12.0 Å². The molecule has 0 radical (unpaired) electrons. The van der Waals surface area contributed by atoms with Gasteiger partial charge >= 0.3 is 0 Å². The molecule has 0 aromatic heterocycles. The van der Waals surface area contributed by atoms with Crippen molar-refractivity contribution in [2.75, 3.05) is 0 Å². The second kappa shape index (κ2) is 10.8. The topological polar surface area (TPSA) is 29.1 Å². The lowest BCUT2D eigenvalue weighted by Gasteiger charge is -2.30. The van der Waals surface area contributed by atoms with E-state index in [4.69, 9.17) is 0 Å². The zero-order valence-electron chi connectivity index (χ0n) is 17.8. The highest BCUT2D eigenvalue weighted by atomic mass is 16.1. The number of rotatable bonds is 8. The van der Waals surface area contributed by atoms with Gasteiger partial charge in [-0.1, -0.05) is 63.5 Å². The summed E-state index contributed by atoms with van der Waals surface area (Å²) in [5, 5.41) is 3.06. The normalized spacial score (nSPS) is 27.9. The van der Waals surface area contributed by atoms with E-state index in [9.17, 15) is 4.79 Å². The molecule has 154 valence electrons. The molecule has 1 aromatic rings. The van der Waals surface area contributed by atoms with Gasteiger partial charge in [-0.3, -0.25) is 4.79 Å². The van der Waals surface area contributed by atoms with Crippen LogP contribution in [0.25, 0.3) is 0 Å². The average molecular weight is 382 g/mol. The lowest BCUT2D eigenvalue weighted by Crippen LogP contribution is -2.36. The van der Waals surface area contributed by atoms with Crippen molar-refractivity contribution in [2.45, 2.75) is 102 Å². The lowest BCUT2D eigenvalue weighted by molar-refractivity contribution is -0.117. The molecule has 1 amide bonds. The Balaban J connectivity index is 1.44. The molecular weight excluding hydrogens is 342 g/mol. The standard InChI is InChI=1S/C26H39NO/c1-3-5-6-7-20-8-10-21(11-9-20)22-12-14-23(15-13-22)24-16-18-25(19-17-24)27-26(28)4-2/h4,12-15,20-21,24-25H,2-3,5-11,16-19H2,1H3,(H,27,28). The number of carbonyl (C=O) groups excluding carboxylic acids is 1. The number of nitrogens with one attached hydrogen (secondary N) is 1. The molecule has 2 aliphatic carbocycles. The molecule has 0 heterocycles. The monoisotopic (exact) mass is 381 g/mol. The molecule has 0 bridgehead atoms. The van der Waals surface area contributed by atoms with Crippen molar-refractivity contribution >= 4 is 5.91 Å². The largest absolute Gasteiger partial charge is 0.350 e. The van der Waals surface area contributed by atoms with Crippen LogP contribution in [0.4, 0.5) is 0 Å². The van der Waals surface area contributed by atoms with E-state index in [1.54, 1.807) is 5.56 Å². The summed E-state index contributed by atoms with van der Waals surface area (Å²) in [6.07, 6.45) is 17.1. The van der Waals surface area contributed by atoms with Crippen LogP contribution in [0.1, 0.15) is 107 Å². The summed E-state index contributed by atoms with van der Waals surface area (Å²) in [5.74, 6) is 2.38. The van der Waals surface area contributed by atoms with E-state index in [0.717, 1.165) is 24.7 Å². The SMILES string of the molecule is C=CC(=O)NC1CCC(c2ccc(C3CCC(CCCCC)CC3)cc2)CC1. The highest BCUT2D eigenvalue weighted by molar-refractivity contribution is 5.87. The molecule has 2 aliphatic rings. The predicted molar refractivity (Wildman–Crippen MR) is 119 cm³/mol. The van der Waals surface area contributed by atoms with Crippen molar-refractivity contribution in [3.63, 3.8) is 0 Å². The van der Waals surface area contributed by atoms with E-state index in [1.165, 1.54) is 75.8 Å². The number of benzene rings is 1. The van der Waals surface area contributed by atoms with Crippen LogP contribution in [-0.4, -0.2) is 11.9 Å². The molecule has 1 N–H and O–H groups in total. The third-order valence-corrected chi connectivity index (χ3v) is 7.20. The van der Waals surface area contributed by atoms with Crippen LogP contribution in [0.3, 0.4) is 0 Å². The van der Waals surface area contributed by atoms with Crippen LogP contribution in [-0.2, 0) is 4.79 Å². The highest BCUT2D eigenvalue weighted by Crippen LogP contribution is 2.39. The van der Waals surface area contributed by atoms with Gasteiger partial charge in [0.05, 0.1) is 0 Å². The van der Waals surface area contributed by atoms with Crippen LogP contribution in [0, 0.1) is 5.92 Å². The zero-order valence-corrected chi connectivity index (χ0v) is 17.8. The molecule has 0 atom stereocenters. The third kappa shape index (κ3) is 5.96. The highest BCUT2D eigenvalue weighted by Gasteiger charge is 2.24. The van der Waals surface area contributed by atoms with Crippen molar-refractivity contribution in [2.24, 2.45) is 5.92 Å². The summed E-state index contributed by atoms with van der Waals surface area (Å²) < 4.78 is 0. The van der Waals surface area contributed by atoms with E-state index in [1.807, 2.05) is 0 Å². The summed E-state index contributed by atoms with van der Waals surface area (Å²) in [4.78, 5) is 11.5. The van der Waals surface area contributed by atoms with Gasteiger partial charge in [0, 0.05) is 6.04 Å². The zero-order chi connectivity index (χ0) is 19.8. The molecule has 0 unspecified atom stereocenters. The quantitative estimate of drug-likeness (QED) is 0.386. The van der Waals surface area contributed by atoms with Crippen LogP contribution in [0.5, 0.6) is 0 Å². The average Bonchev–Trinajstić information content (AvgIpc) is 2.75. The Morgan fingerprint density at radius 3 is 1.96 bits per heavy atom. The second-order valence-electron chi connectivity index (χ2n) is 9.14. The minimum Gasteiger partial charge on any atom is -0.350 e. The fourth-order valence-corrected chi connectivity index (χ4v) is 5.34. The van der Waals surface area contributed by atoms with Gasteiger partial charge in [-0.2, -0.15) is 0 Å². The molecule has 2 heteroatoms. The minimum atomic E-state index is -0.0344. The van der Waals surface area contributed by atoms with Crippen molar-refractivity contribution in [1.29, 1.82) is 0 Å². The van der Waals surface area contributed by atoms with Gasteiger partial charge in [-0.15, -0.1) is 0 Å². The van der Waals surface area contributed by atoms with E-state index >= 15 is 0 Å². The fraction of sp³-hybridized carbons (Fsp3) is 0.654. The Bertz CT molecular complexity index is 604. The van der Waals surface area contributed by atoms with Crippen molar-refractivity contribution in [1.82, 2.24) is 5.32 Å². The maximum Gasteiger partial charge on any atom is 0.243 e. The molecule has 0 spiro atoms. The first-order valence-electron chi connectivity index (χ1n) is 11.7. The first kappa shape index (κ1) is 21.1. The van der Waals surface area contributed by atoms with Crippen LogP contribution >= 0.6 is 0 Å². The molecule has 28 heavy (non-hydrogen) atoms. The van der Waals surface area contributed by atoms with E-state index in [-0.39, 0.29) is 5.91 Å². The Morgan fingerprint density at radius 1 is 0.929 bits per heavy atom. The first-order chi connectivity index (χ1) is 13.7. The van der Waals surface area contributed by atoms with Gasteiger partial charge in [0.25, 0.3) is 0 Å². The second-order valence-corrected chi connectivity index (χ2v) is 9.14. The summed E-state index contributed by atoms with van der Waals surface area (Å²) in [5.41, 5.74) is 3.05. The number of hydrogen-bond donors (Lipinski definition) is 1. The molecule has 2 saturated carbocycles. The molecule has 3 rings (SSSR count). The maximum absolute atomic E-state index is 11.5. The Labute approximate surface area is 172 Å². The van der Waals surface area contributed by atoms with Gasteiger partial charge in [0.15, 0.2) is 0 Å². The maximum atomic E-state index is 11.5. The minimum absolute atomic E-state index is 0.0344. The molecule has 2 nitrogen and oxygen atoms in total. The summed E-state index contributed by atoms with van der Waals surface area (Å²) in [6.45, 7) is 5.84. The molecule has 1 aromatic carbocycles. The smallest absolute Gasteiger partial charge is 0.243 e. The Morgan fingerprint density at radius 2 is 1.46 bits per heavy atom. The van der Waals surface area contributed by atoms with Crippen LogP contribution in [0.15, 0.2) is 36.9 Å². The predicted octanol–water partition coefficient (Wildman–Crippen LogP) is 6.87. The van der Waals surface area contributed by atoms with Gasteiger partial charge in [0.2, 0.25) is 5.91 Å². The van der Waals surface area contributed by atoms with Crippen molar-refractivity contribution in [3.05, 3.63) is 48.0 Å². The first-order valence-corrected chi connectivity index (χ1v) is 11.7. The molecule has 0 saturated heterocycles. The Kier molecular flexibility index (Phi) is 8.18. The number of carbonyl (C=O) groups is 1. The van der Waals surface area contributed by atoms with Gasteiger partial charge in [-0.05, 0) is 86.3 Å². The third-order valence-electron chi connectivity index (χ3n) is 7.20. The molecule has 0 aliphatic heterocycles. The van der Waals surface area contributed by atoms with Gasteiger partial charge in [-0.25, -0.2) is 0 Å². The van der Waals surface area contributed by atoms with Crippen LogP contribution < -0.4 is 5.32 Å². The lowest BCUT2D eigenvalue weighted by atomic mass is 9.76. The van der Waals surface area contributed by atoms with Gasteiger partial charge < -0.3 is 5.32 Å². The molecular formula is C26H39NO. The number of unbranched alkanes of at least 4 members (excludes halogenated alkanes) is 2. The Hall–Kier alpha value is -1.57. The van der Waals surface area contributed by atoms with E-state index < -0.39 is 0 Å². The molecule has 2 fully saturated rings. The van der Waals surface area contributed by atoms with E-state index in [2.05, 4.69) is 43.1 Å². The van der Waals surface area contributed by atoms with Crippen molar-refractivity contribution in [3.8, 4) is 0 Å². The summed E-state index contributed by atoms with van der Waals surface area (Å²) >= 11 is 0. The van der Waals surface area contributed by atoms with Crippen molar-refractivity contribution < 1.29 is 4.79 Å². The van der Waals surface area contributed by atoms with Crippen LogP contribution in [0.2, 0.25) is 0 Å². The number of hydrogen-bond acceptors (Lipinski definition) is 1. The summed E-state index contributed by atoms with van der Waals surface area (Å²) in [7, 11) is 0.